The van der Waals surface area contributed by atoms with E-state index in [1.165, 1.54) is 17.1 Å². The maximum absolute atomic E-state index is 5.67. The minimum Gasteiger partial charge on any atom is -0.377 e. The van der Waals surface area contributed by atoms with Crippen molar-refractivity contribution in [3.63, 3.8) is 0 Å². The lowest BCUT2D eigenvalue weighted by molar-refractivity contribution is 0.0666. The Bertz CT molecular complexity index is 369. The number of nitrogens with one attached hydrogen (secondary N) is 1. The van der Waals surface area contributed by atoms with Crippen molar-refractivity contribution in [2.45, 2.75) is 45.9 Å². The van der Waals surface area contributed by atoms with Crippen molar-refractivity contribution in [3.05, 3.63) is 16.1 Å². The summed E-state index contributed by atoms with van der Waals surface area (Å²) in [5.74, 6) is 0. The molecule has 1 aromatic heterocycles. The Morgan fingerprint density at radius 1 is 1.58 bits per heavy atom. The fraction of sp³-hybridized carbons (Fsp3) is 0.786. The number of aromatic nitrogens is 1. The van der Waals surface area contributed by atoms with Crippen molar-refractivity contribution in [1.82, 2.24) is 15.2 Å². The van der Waals surface area contributed by atoms with E-state index in [4.69, 9.17) is 9.72 Å². The fourth-order valence-corrected chi connectivity index (χ4v) is 3.08. The highest BCUT2D eigenvalue weighted by Crippen LogP contribution is 2.14. The van der Waals surface area contributed by atoms with Gasteiger partial charge in [0.05, 0.1) is 11.8 Å². The lowest BCUT2D eigenvalue weighted by Crippen LogP contribution is -2.29. The second-order valence-corrected chi connectivity index (χ2v) is 6.12. The number of nitrogens with zero attached hydrogens (tertiary/aromatic N) is 2. The van der Waals surface area contributed by atoms with Gasteiger partial charge in [0.15, 0.2) is 0 Å². The van der Waals surface area contributed by atoms with E-state index >= 15 is 0 Å². The number of thiazole rings is 1. The van der Waals surface area contributed by atoms with Crippen LogP contribution in [-0.2, 0) is 17.8 Å². The summed E-state index contributed by atoms with van der Waals surface area (Å²) in [6.07, 6.45) is 2.63. The first-order valence-electron chi connectivity index (χ1n) is 7.26. The van der Waals surface area contributed by atoms with Crippen LogP contribution < -0.4 is 5.32 Å². The first-order chi connectivity index (χ1) is 9.28. The topological polar surface area (TPSA) is 37.4 Å². The van der Waals surface area contributed by atoms with Gasteiger partial charge in [-0.1, -0.05) is 6.92 Å². The Labute approximate surface area is 120 Å². The molecule has 2 heterocycles. The molecule has 1 atom stereocenters. The van der Waals surface area contributed by atoms with E-state index in [9.17, 15) is 0 Å². The molecule has 4 nitrogen and oxygen atoms in total. The summed E-state index contributed by atoms with van der Waals surface area (Å²) in [6.45, 7) is 10.3. The zero-order valence-corrected chi connectivity index (χ0v) is 12.8. The molecule has 2 rings (SSSR count). The standard InChI is InChI=1S/C14H25N3OS/c1-3-5-15-8-14-16-13(11-19-14)10-17-6-4-7-18-12(2)9-17/h11-12,15H,3-10H2,1-2H3. The highest BCUT2D eigenvalue weighted by Gasteiger charge is 2.16. The summed E-state index contributed by atoms with van der Waals surface area (Å²) >= 11 is 1.76. The van der Waals surface area contributed by atoms with E-state index in [1.807, 2.05) is 0 Å². The Balaban J connectivity index is 1.81. The van der Waals surface area contributed by atoms with Crippen LogP contribution >= 0.6 is 11.3 Å². The predicted octanol–water partition coefficient (Wildman–Crippen LogP) is 2.25. The van der Waals surface area contributed by atoms with Gasteiger partial charge in [-0.2, -0.15) is 0 Å². The molecule has 108 valence electrons. The molecule has 0 amide bonds. The van der Waals surface area contributed by atoms with Crippen LogP contribution in [-0.4, -0.2) is 42.2 Å². The number of hydrogen-bond donors (Lipinski definition) is 1. The molecule has 0 aliphatic carbocycles. The molecular weight excluding hydrogens is 258 g/mol. The molecule has 1 saturated heterocycles. The van der Waals surface area contributed by atoms with E-state index in [0.29, 0.717) is 6.10 Å². The highest BCUT2D eigenvalue weighted by atomic mass is 32.1. The van der Waals surface area contributed by atoms with Crippen LogP contribution in [0.2, 0.25) is 0 Å². The normalized spacial score (nSPS) is 21.5. The van der Waals surface area contributed by atoms with Gasteiger partial charge >= 0.3 is 0 Å². The molecule has 1 fully saturated rings. The van der Waals surface area contributed by atoms with E-state index < -0.39 is 0 Å². The van der Waals surface area contributed by atoms with Crippen LogP contribution in [0.25, 0.3) is 0 Å². The summed E-state index contributed by atoms with van der Waals surface area (Å²) < 4.78 is 5.67. The zero-order chi connectivity index (χ0) is 13.5. The molecule has 1 N–H and O–H groups in total. The quantitative estimate of drug-likeness (QED) is 0.813. The fourth-order valence-electron chi connectivity index (χ4n) is 2.33. The number of rotatable bonds is 6. The van der Waals surface area contributed by atoms with Crippen molar-refractivity contribution in [2.75, 3.05) is 26.2 Å². The molecule has 0 aromatic carbocycles. The van der Waals surface area contributed by atoms with Crippen molar-refractivity contribution in [2.24, 2.45) is 0 Å². The van der Waals surface area contributed by atoms with Gasteiger partial charge in [0.1, 0.15) is 5.01 Å². The molecule has 19 heavy (non-hydrogen) atoms. The molecule has 0 bridgehead atoms. The Morgan fingerprint density at radius 3 is 3.32 bits per heavy atom. The summed E-state index contributed by atoms with van der Waals surface area (Å²) in [5.41, 5.74) is 1.20. The third-order valence-electron chi connectivity index (χ3n) is 3.22. The third kappa shape index (κ3) is 5.18. The zero-order valence-electron chi connectivity index (χ0n) is 12.0. The predicted molar refractivity (Wildman–Crippen MR) is 79.4 cm³/mol. The van der Waals surface area contributed by atoms with Crippen LogP contribution in [0.4, 0.5) is 0 Å². The van der Waals surface area contributed by atoms with E-state index in [2.05, 4.69) is 29.4 Å². The maximum Gasteiger partial charge on any atom is 0.107 e. The summed E-state index contributed by atoms with van der Waals surface area (Å²) in [5, 5.41) is 6.79. The average Bonchev–Trinajstić information content (AvgIpc) is 2.72. The van der Waals surface area contributed by atoms with Gasteiger partial charge in [-0.15, -0.1) is 11.3 Å². The molecule has 0 saturated carbocycles. The Kier molecular flexibility index (Phi) is 6.23. The molecular formula is C14H25N3OS. The Morgan fingerprint density at radius 2 is 2.47 bits per heavy atom. The largest absolute Gasteiger partial charge is 0.377 e. The second-order valence-electron chi connectivity index (χ2n) is 5.18. The van der Waals surface area contributed by atoms with Gasteiger partial charge in [-0.3, -0.25) is 4.90 Å². The Hall–Kier alpha value is -0.490. The van der Waals surface area contributed by atoms with Gasteiger partial charge < -0.3 is 10.1 Å². The lowest BCUT2D eigenvalue weighted by atomic mass is 10.3. The van der Waals surface area contributed by atoms with E-state index in [0.717, 1.165) is 45.8 Å². The van der Waals surface area contributed by atoms with Crippen LogP contribution in [0.3, 0.4) is 0 Å². The van der Waals surface area contributed by atoms with Crippen molar-refractivity contribution < 1.29 is 4.74 Å². The number of hydrogen-bond acceptors (Lipinski definition) is 5. The molecule has 1 aromatic rings. The van der Waals surface area contributed by atoms with Crippen LogP contribution in [0.15, 0.2) is 5.38 Å². The summed E-state index contributed by atoms with van der Waals surface area (Å²) in [4.78, 5) is 7.16. The third-order valence-corrected chi connectivity index (χ3v) is 4.12. The van der Waals surface area contributed by atoms with Crippen molar-refractivity contribution in [1.29, 1.82) is 0 Å². The molecule has 1 aliphatic rings. The van der Waals surface area contributed by atoms with E-state index in [-0.39, 0.29) is 0 Å². The van der Waals surface area contributed by atoms with Crippen molar-refractivity contribution >= 4 is 11.3 Å². The van der Waals surface area contributed by atoms with Crippen LogP contribution in [0.5, 0.6) is 0 Å². The average molecular weight is 283 g/mol. The van der Waals surface area contributed by atoms with Crippen LogP contribution in [0, 0.1) is 0 Å². The monoisotopic (exact) mass is 283 g/mol. The second kappa shape index (κ2) is 7.94. The maximum atomic E-state index is 5.67. The van der Waals surface area contributed by atoms with Gasteiger partial charge in [0, 0.05) is 38.2 Å². The van der Waals surface area contributed by atoms with Gasteiger partial charge in [-0.05, 0) is 26.3 Å². The molecule has 0 radical (unpaired) electrons. The van der Waals surface area contributed by atoms with Gasteiger partial charge in [0.25, 0.3) is 0 Å². The molecule has 1 unspecified atom stereocenters. The molecule has 0 spiro atoms. The highest BCUT2D eigenvalue weighted by molar-refractivity contribution is 7.09. The smallest absolute Gasteiger partial charge is 0.107 e. The first-order valence-corrected chi connectivity index (χ1v) is 8.14. The number of ether oxygens (including phenoxy) is 1. The molecule has 1 aliphatic heterocycles. The molecule has 5 heteroatoms. The van der Waals surface area contributed by atoms with Crippen molar-refractivity contribution in [3.8, 4) is 0 Å². The SMILES string of the molecule is CCCNCc1nc(CN2CCCOC(C)C2)cs1. The summed E-state index contributed by atoms with van der Waals surface area (Å²) in [7, 11) is 0. The first kappa shape index (κ1) is 14.9. The van der Waals surface area contributed by atoms with Crippen LogP contribution in [0.1, 0.15) is 37.4 Å². The van der Waals surface area contributed by atoms with Gasteiger partial charge in [0.2, 0.25) is 0 Å². The minimum absolute atomic E-state index is 0.340. The van der Waals surface area contributed by atoms with E-state index in [1.54, 1.807) is 11.3 Å². The lowest BCUT2D eigenvalue weighted by Gasteiger charge is -2.20. The minimum atomic E-state index is 0.340. The van der Waals surface area contributed by atoms with Gasteiger partial charge in [-0.25, -0.2) is 4.98 Å². The summed E-state index contributed by atoms with van der Waals surface area (Å²) in [6, 6.07) is 0.